The van der Waals surface area contributed by atoms with Gasteiger partial charge < -0.3 is 14.2 Å². The van der Waals surface area contributed by atoms with Crippen molar-refractivity contribution in [2.45, 2.75) is 38.4 Å². The monoisotopic (exact) mass is 307 g/mol. The van der Waals surface area contributed by atoms with Gasteiger partial charge in [0.15, 0.2) is 5.79 Å². The Morgan fingerprint density at radius 2 is 1.82 bits per heavy atom. The van der Waals surface area contributed by atoms with E-state index in [1.165, 1.54) is 12.1 Å². The second kappa shape index (κ2) is 5.85. The summed E-state index contributed by atoms with van der Waals surface area (Å²) in [7, 11) is 0. The van der Waals surface area contributed by atoms with E-state index in [4.69, 9.17) is 14.2 Å². The SMILES string of the molecule is CC1(COc2ccc([N+](=O)[O-])cc2)CCCCC12OCCO2. The van der Waals surface area contributed by atoms with Crippen molar-refractivity contribution in [1.82, 2.24) is 0 Å². The molecule has 0 amide bonds. The zero-order chi connectivity index (χ0) is 15.6. The highest BCUT2D eigenvalue weighted by Crippen LogP contribution is 2.49. The first-order valence-electron chi connectivity index (χ1n) is 7.70. The minimum Gasteiger partial charge on any atom is -0.493 e. The summed E-state index contributed by atoms with van der Waals surface area (Å²) in [6.45, 7) is 3.88. The van der Waals surface area contributed by atoms with E-state index in [-0.39, 0.29) is 11.1 Å². The van der Waals surface area contributed by atoms with Crippen molar-refractivity contribution in [2.75, 3.05) is 19.8 Å². The maximum absolute atomic E-state index is 10.7. The van der Waals surface area contributed by atoms with E-state index in [1.807, 2.05) is 0 Å². The minimum absolute atomic E-state index is 0.0650. The van der Waals surface area contributed by atoms with Crippen LogP contribution in [0.2, 0.25) is 0 Å². The average molecular weight is 307 g/mol. The molecule has 3 rings (SSSR count). The quantitative estimate of drug-likeness (QED) is 0.630. The number of non-ortho nitro benzene ring substituents is 1. The Labute approximate surface area is 129 Å². The molecule has 2 fully saturated rings. The first kappa shape index (κ1) is 15.2. The van der Waals surface area contributed by atoms with Crippen LogP contribution in [0.15, 0.2) is 24.3 Å². The molecule has 0 aromatic heterocycles. The maximum Gasteiger partial charge on any atom is 0.269 e. The normalized spacial score (nSPS) is 27.0. The number of ether oxygens (including phenoxy) is 3. The van der Waals surface area contributed by atoms with Crippen molar-refractivity contribution in [3.63, 3.8) is 0 Å². The summed E-state index contributed by atoms with van der Waals surface area (Å²) in [6.07, 6.45) is 4.12. The van der Waals surface area contributed by atoms with Crippen LogP contribution in [0.1, 0.15) is 32.6 Å². The van der Waals surface area contributed by atoms with E-state index < -0.39 is 10.7 Å². The van der Waals surface area contributed by atoms with E-state index in [0.29, 0.717) is 25.6 Å². The molecule has 0 radical (unpaired) electrons. The zero-order valence-electron chi connectivity index (χ0n) is 12.7. The van der Waals surface area contributed by atoms with Gasteiger partial charge in [-0.3, -0.25) is 10.1 Å². The van der Waals surface area contributed by atoms with Gasteiger partial charge in [0.05, 0.1) is 30.2 Å². The largest absolute Gasteiger partial charge is 0.493 e. The third-order valence-corrected chi connectivity index (χ3v) is 4.76. The van der Waals surface area contributed by atoms with Crippen LogP contribution in [0.5, 0.6) is 5.75 Å². The van der Waals surface area contributed by atoms with Crippen molar-refractivity contribution in [3.8, 4) is 5.75 Å². The lowest BCUT2D eigenvalue weighted by atomic mass is 9.71. The Kier molecular flexibility index (Phi) is 4.06. The molecule has 1 aromatic carbocycles. The highest BCUT2D eigenvalue weighted by atomic mass is 16.7. The van der Waals surface area contributed by atoms with Crippen LogP contribution in [0.3, 0.4) is 0 Å². The fourth-order valence-corrected chi connectivity index (χ4v) is 3.40. The van der Waals surface area contributed by atoms with E-state index >= 15 is 0 Å². The van der Waals surface area contributed by atoms with Crippen LogP contribution in [0.25, 0.3) is 0 Å². The number of nitro groups is 1. The molecule has 1 aliphatic heterocycles. The molecule has 22 heavy (non-hydrogen) atoms. The maximum atomic E-state index is 10.7. The lowest BCUT2D eigenvalue weighted by molar-refractivity contribution is -0.384. The molecule has 120 valence electrons. The lowest BCUT2D eigenvalue weighted by Gasteiger charge is -2.47. The predicted molar refractivity (Wildman–Crippen MR) is 79.8 cm³/mol. The van der Waals surface area contributed by atoms with E-state index in [9.17, 15) is 10.1 Å². The highest BCUT2D eigenvalue weighted by Gasteiger charge is 2.54. The van der Waals surface area contributed by atoms with Crippen LogP contribution in [0.4, 0.5) is 5.69 Å². The van der Waals surface area contributed by atoms with Gasteiger partial charge in [-0.25, -0.2) is 0 Å². The molecule has 0 bridgehead atoms. The molecule has 1 saturated heterocycles. The molecule has 1 heterocycles. The molecule has 0 N–H and O–H groups in total. The Bertz CT molecular complexity index is 538. The minimum atomic E-state index is -0.536. The summed E-state index contributed by atoms with van der Waals surface area (Å²) in [5, 5.41) is 10.7. The summed E-state index contributed by atoms with van der Waals surface area (Å²) in [5.41, 5.74) is -0.140. The third-order valence-electron chi connectivity index (χ3n) is 4.76. The van der Waals surface area contributed by atoms with Crippen molar-refractivity contribution < 1.29 is 19.1 Å². The standard InChI is InChI=1S/C16H21NO5/c1-15(8-2-3-9-16(15)21-10-11-22-16)12-20-14-6-4-13(5-7-14)17(18)19/h4-7H,2-3,8-12H2,1H3. The van der Waals surface area contributed by atoms with Gasteiger partial charge in [-0.15, -0.1) is 0 Å². The van der Waals surface area contributed by atoms with Gasteiger partial charge in [0.2, 0.25) is 0 Å². The second-order valence-corrected chi connectivity index (χ2v) is 6.26. The Morgan fingerprint density at radius 3 is 2.45 bits per heavy atom. The van der Waals surface area contributed by atoms with Crippen molar-refractivity contribution in [2.24, 2.45) is 5.41 Å². The van der Waals surface area contributed by atoms with Gasteiger partial charge in [0.25, 0.3) is 5.69 Å². The van der Waals surface area contributed by atoms with Crippen LogP contribution in [0, 0.1) is 15.5 Å². The van der Waals surface area contributed by atoms with E-state index in [1.54, 1.807) is 12.1 Å². The molecule has 6 nitrogen and oxygen atoms in total. The Morgan fingerprint density at radius 1 is 1.18 bits per heavy atom. The fraction of sp³-hybridized carbons (Fsp3) is 0.625. The fourth-order valence-electron chi connectivity index (χ4n) is 3.40. The molecule has 1 spiro atoms. The summed E-state index contributed by atoms with van der Waals surface area (Å²) in [5.74, 6) is 0.0944. The summed E-state index contributed by atoms with van der Waals surface area (Å²) < 4.78 is 17.8. The Balaban J connectivity index is 1.69. The van der Waals surface area contributed by atoms with Crippen LogP contribution in [-0.4, -0.2) is 30.5 Å². The zero-order valence-corrected chi connectivity index (χ0v) is 12.7. The topological polar surface area (TPSA) is 70.8 Å². The van der Waals surface area contributed by atoms with Crippen molar-refractivity contribution in [1.29, 1.82) is 0 Å². The summed E-state index contributed by atoms with van der Waals surface area (Å²) in [6, 6.07) is 6.18. The number of rotatable bonds is 4. The first-order valence-corrected chi connectivity index (χ1v) is 7.70. The lowest BCUT2D eigenvalue weighted by Crippen LogP contribution is -2.53. The van der Waals surface area contributed by atoms with Crippen LogP contribution in [-0.2, 0) is 9.47 Å². The number of nitrogens with zero attached hydrogens (tertiary/aromatic N) is 1. The van der Waals surface area contributed by atoms with Crippen LogP contribution >= 0.6 is 0 Å². The highest BCUT2D eigenvalue weighted by molar-refractivity contribution is 5.36. The van der Waals surface area contributed by atoms with Gasteiger partial charge in [0.1, 0.15) is 5.75 Å². The first-order chi connectivity index (χ1) is 10.5. The van der Waals surface area contributed by atoms with E-state index in [2.05, 4.69) is 6.92 Å². The van der Waals surface area contributed by atoms with Crippen LogP contribution < -0.4 is 4.74 Å². The van der Waals surface area contributed by atoms with Gasteiger partial charge in [0, 0.05) is 18.6 Å². The molecule has 1 unspecified atom stereocenters. The molecule has 2 aliphatic rings. The third kappa shape index (κ3) is 2.68. The van der Waals surface area contributed by atoms with Crippen molar-refractivity contribution in [3.05, 3.63) is 34.4 Å². The molecule has 6 heteroatoms. The number of benzene rings is 1. The predicted octanol–water partition coefficient (Wildman–Crippen LogP) is 3.30. The summed E-state index contributed by atoms with van der Waals surface area (Å²) in [4.78, 5) is 10.3. The molecular formula is C16H21NO5. The van der Waals surface area contributed by atoms with Crippen molar-refractivity contribution >= 4 is 5.69 Å². The van der Waals surface area contributed by atoms with Gasteiger partial charge in [-0.1, -0.05) is 13.3 Å². The molecule has 1 saturated carbocycles. The van der Waals surface area contributed by atoms with Gasteiger partial charge in [-0.05, 0) is 25.0 Å². The summed E-state index contributed by atoms with van der Waals surface area (Å²) >= 11 is 0. The second-order valence-electron chi connectivity index (χ2n) is 6.26. The molecule has 1 aromatic rings. The molecular weight excluding hydrogens is 286 g/mol. The smallest absolute Gasteiger partial charge is 0.269 e. The molecule has 1 aliphatic carbocycles. The number of hydrogen-bond donors (Lipinski definition) is 0. The van der Waals surface area contributed by atoms with Gasteiger partial charge in [-0.2, -0.15) is 0 Å². The number of nitro benzene ring substituents is 1. The van der Waals surface area contributed by atoms with E-state index in [0.717, 1.165) is 25.7 Å². The number of hydrogen-bond acceptors (Lipinski definition) is 5. The van der Waals surface area contributed by atoms with Gasteiger partial charge >= 0.3 is 0 Å². The average Bonchev–Trinajstić information content (AvgIpc) is 2.99. The molecule has 1 atom stereocenters. The Hall–Kier alpha value is -1.66.